The van der Waals surface area contributed by atoms with Crippen LogP contribution in [0.15, 0.2) is 47.8 Å². The third-order valence-corrected chi connectivity index (χ3v) is 6.42. The third-order valence-electron chi connectivity index (χ3n) is 6.42. The molecule has 3 rings (SSSR count). The number of Topliss-reactive ketones (excluding diaryl/α,β-unsaturated/α-hetero) is 1. The van der Waals surface area contributed by atoms with E-state index in [-0.39, 0.29) is 23.7 Å². The summed E-state index contributed by atoms with van der Waals surface area (Å²) in [7, 11) is 2.50. The highest BCUT2D eigenvalue weighted by Gasteiger charge is 2.35. The summed E-state index contributed by atoms with van der Waals surface area (Å²) in [6.45, 7) is 7.96. The Morgan fingerprint density at radius 1 is 1.16 bits per heavy atom. The highest BCUT2D eigenvalue weighted by atomic mass is 16.8. The normalized spacial score (nSPS) is 17.9. The van der Waals surface area contributed by atoms with Crippen molar-refractivity contribution >= 4 is 23.5 Å². The zero-order valence-corrected chi connectivity index (χ0v) is 22.8. The first kappa shape index (κ1) is 28.9. The van der Waals surface area contributed by atoms with E-state index in [9.17, 15) is 19.5 Å². The van der Waals surface area contributed by atoms with Crippen LogP contribution < -0.4 is 15.4 Å². The molecule has 1 aromatic rings. The molecule has 0 fully saturated rings. The lowest BCUT2D eigenvalue weighted by Gasteiger charge is -2.32. The van der Waals surface area contributed by atoms with Crippen LogP contribution in [0.4, 0.5) is 10.5 Å². The molecule has 1 aliphatic heterocycles. The number of allylic oxidation sites excluding steroid dienone is 4. The molecule has 0 bridgehead atoms. The molecular formula is C28H36N2O8. The number of carbonyl (C=O) groups excluding carboxylic acids is 3. The summed E-state index contributed by atoms with van der Waals surface area (Å²) in [6.07, 6.45) is 6.69. The number of aliphatic hydroxyl groups excluding tert-OH is 1. The zero-order chi connectivity index (χ0) is 28.3. The molecule has 0 aromatic heterocycles. The minimum atomic E-state index is -1.59. The van der Waals surface area contributed by atoms with Crippen LogP contribution in [0.1, 0.15) is 52.2 Å². The lowest BCUT2D eigenvalue weighted by atomic mass is 9.78. The van der Waals surface area contributed by atoms with Crippen LogP contribution in [0.3, 0.4) is 0 Å². The number of aliphatic hydroxyl groups is 1. The van der Waals surface area contributed by atoms with Gasteiger partial charge in [0.05, 0.1) is 18.6 Å². The first-order valence-electron chi connectivity index (χ1n) is 12.2. The lowest BCUT2D eigenvalue weighted by Crippen LogP contribution is -2.36. The minimum Gasteiger partial charge on any atom is -0.441 e. The van der Waals surface area contributed by atoms with Gasteiger partial charge in [-0.1, -0.05) is 46.8 Å². The molecule has 0 saturated heterocycles. The number of benzene rings is 1. The molecule has 0 saturated carbocycles. The van der Waals surface area contributed by atoms with Gasteiger partial charge in [0.2, 0.25) is 0 Å². The van der Waals surface area contributed by atoms with E-state index in [1.165, 1.54) is 20.4 Å². The summed E-state index contributed by atoms with van der Waals surface area (Å²) >= 11 is 0. The Morgan fingerprint density at radius 3 is 2.50 bits per heavy atom. The van der Waals surface area contributed by atoms with E-state index in [1.54, 1.807) is 6.07 Å². The van der Waals surface area contributed by atoms with Gasteiger partial charge in [-0.3, -0.25) is 9.59 Å². The quantitative estimate of drug-likeness (QED) is 0.262. The molecule has 206 valence electrons. The molecule has 10 nitrogen and oxygen atoms in total. The Morgan fingerprint density at radius 2 is 1.87 bits per heavy atom. The van der Waals surface area contributed by atoms with Crippen molar-refractivity contribution in [1.29, 1.82) is 0 Å². The number of nitrogens with one attached hydrogen (secondary N) is 2. The predicted octanol–water partition coefficient (Wildman–Crippen LogP) is 3.80. The van der Waals surface area contributed by atoms with E-state index in [2.05, 4.69) is 15.4 Å². The van der Waals surface area contributed by atoms with Crippen LogP contribution in [-0.4, -0.2) is 50.3 Å². The number of rotatable bonds is 8. The number of hydrogen-bond donors (Lipinski definition) is 3. The van der Waals surface area contributed by atoms with Crippen LogP contribution in [0, 0.1) is 5.92 Å². The maximum atomic E-state index is 13.3. The molecule has 1 aromatic carbocycles. The smallest absolute Gasteiger partial charge is 0.441 e. The number of carbonyl (C=O) groups is 3. The van der Waals surface area contributed by atoms with Gasteiger partial charge < -0.3 is 34.7 Å². The summed E-state index contributed by atoms with van der Waals surface area (Å²) in [6, 6.07) is 3.40. The summed E-state index contributed by atoms with van der Waals surface area (Å²) in [5.74, 6) is -1.06. The molecule has 2 unspecified atom stereocenters. The number of ether oxygens (including phenoxy) is 4. The fraction of sp³-hybridized carbons (Fsp3) is 0.464. The number of fused-ring (bicyclic) bond motifs is 1. The number of amides is 1. The van der Waals surface area contributed by atoms with E-state index in [4.69, 9.17) is 14.2 Å². The van der Waals surface area contributed by atoms with Gasteiger partial charge in [0.15, 0.2) is 5.78 Å². The first-order valence-corrected chi connectivity index (χ1v) is 12.2. The number of ketones is 1. The second-order valence-electron chi connectivity index (χ2n) is 10.8. The van der Waals surface area contributed by atoms with Crippen LogP contribution in [-0.2, 0) is 34.6 Å². The van der Waals surface area contributed by atoms with Gasteiger partial charge in [-0.2, -0.15) is 0 Å². The Hall–Kier alpha value is -3.63. The first-order chi connectivity index (χ1) is 17.8. The molecule has 1 heterocycles. The van der Waals surface area contributed by atoms with Crippen molar-refractivity contribution in [1.82, 2.24) is 5.32 Å². The number of methoxy groups -OCH3 is 2. The van der Waals surface area contributed by atoms with Gasteiger partial charge in [-0.05, 0) is 29.5 Å². The number of hydrogen-bond acceptors (Lipinski definition) is 9. The van der Waals surface area contributed by atoms with Crippen molar-refractivity contribution in [2.75, 3.05) is 26.1 Å². The maximum absolute atomic E-state index is 13.3. The van der Waals surface area contributed by atoms with E-state index in [0.717, 1.165) is 11.3 Å². The largest absolute Gasteiger partial charge is 0.508 e. The molecule has 10 heteroatoms. The van der Waals surface area contributed by atoms with Crippen LogP contribution in [0.2, 0.25) is 0 Å². The Bertz CT molecular complexity index is 1190. The molecule has 0 spiro atoms. The standard InChI is InChI=1S/C28H36N2O8/c1-27(2,3)18-12-19(28(4,5)15-37-25(33)35-6)22(38-26(34)36-7)13-21(18)30-24(32)17-14-29-20-11-9-8-10-16(20)23(17)31/h8-9,11-14,16,26,29,34H,10,15H2,1-7H3,(H,30,32). The fourth-order valence-electron chi connectivity index (χ4n) is 4.27. The monoisotopic (exact) mass is 528 g/mol. The summed E-state index contributed by atoms with van der Waals surface area (Å²) in [5, 5.41) is 16.0. The van der Waals surface area contributed by atoms with E-state index in [1.807, 2.05) is 58.9 Å². The van der Waals surface area contributed by atoms with Gasteiger partial charge in [0, 0.05) is 41.7 Å². The Labute approximate surface area is 222 Å². The predicted molar refractivity (Wildman–Crippen MR) is 140 cm³/mol. The molecule has 1 amide bonds. The minimum absolute atomic E-state index is 0.0117. The van der Waals surface area contributed by atoms with Crippen molar-refractivity contribution in [3.63, 3.8) is 0 Å². The van der Waals surface area contributed by atoms with E-state index >= 15 is 0 Å². The van der Waals surface area contributed by atoms with Gasteiger partial charge in [0.1, 0.15) is 12.4 Å². The molecule has 3 N–H and O–H groups in total. The number of anilines is 1. The van der Waals surface area contributed by atoms with Crippen molar-refractivity contribution in [2.24, 2.45) is 5.92 Å². The SMILES string of the molecule is COC(=O)OCC(C)(C)c1cc(C(C)(C)C)c(NC(=O)C2=CNC3=CC=CCC3C2=O)cc1OC(O)OC. The highest BCUT2D eigenvalue weighted by molar-refractivity contribution is 6.25. The second-order valence-corrected chi connectivity index (χ2v) is 10.8. The third kappa shape index (κ3) is 6.43. The van der Waals surface area contributed by atoms with E-state index < -0.39 is 35.3 Å². The fourth-order valence-corrected chi connectivity index (χ4v) is 4.27. The summed E-state index contributed by atoms with van der Waals surface area (Å²) in [5.41, 5.74) is 1.26. The highest BCUT2D eigenvalue weighted by Crippen LogP contribution is 2.41. The maximum Gasteiger partial charge on any atom is 0.508 e. The summed E-state index contributed by atoms with van der Waals surface area (Å²) in [4.78, 5) is 38.1. The van der Waals surface area contributed by atoms with E-state index in [0.29, 0.717) is 17.7 Å². The zero-order valence-electron chi connectivity index (χ0n) is 22.8. The topological polar surface area (TPSA) is 132 Å². The molecular weight excluding hydrogens is 492 g/mol. The molecule has 2 atom stereocenters. The summed E-state index contributed by atoms with van der Waals surface area (Å²) < 4.78 is 20.3. The van der Waals surface area contributed by atoms with Crippen LogP contribution in [0.5, 0.6) is 5.75 Å². The van der Waals surface area contributed by atoms with Gasteiger partial charge in [-0.15, -0.1) is 0 Å². The van der Waals surface area contributed by atoms with Gasteiger partial charge in [-0.25, -0.2) is 4.79 Å². The van der Waals surface area contributed by atoms with Gasteiger partial charge in [0.25, 0.3) is 5.91 Å². The molecule has 1 aliphatic carbocycles. The Balaban J connectivity index is 2.03. The average molecular weight is 529 g/mol. The molecule has 0 radical (unpaired) electrons. The molecule has 38 heavy (non-hydrogen) atoms. The van der Waals surface area contributed by atoms with Gasteiger partial charge >= 0.3 is 12.6 Å². The average Bonchev–Trinajstić information content (AvgIpc) is 2.86. The lowest BCUT2D eigenvalue weighted by molar-refractivity contribution is -0.200. The van der Waals surface area contributed by atoms with Crippen molar-refractivity contribution in [2.45, 2.75) is 58.3 Å². The van der Waals surface area contributed by atoms with Crippen LogP contribution >= 0.6 is 0 Å². The second kappa shape index (κ2) is 11.4. The molecule has 2 aliphatic rings. The van der Waals surface area contributed by atoms with Crippen molar-refractivity contribution < 1.29 is 38.4 Å². The Kier molecular flexibility index (Phi) is 8.68. The van der Waals surface area contributed by atoms with Crippen molar-refractivity contribution in [3.8, 4) is 5.75 Å². The van der Waals surface area contributed by atoms with Crippen molar-refractivity contribution in [3.05, 3.63) is 59.0 Å². The van der Waals surface area contributed by atoms with Crippen LogP contribution in [0.25, 0.3) is 0 Å².